The van der Waals surface area contributed by atoms with Gasteiger partial charge < -0.3 is 10.6 Å². The molecule has 6 rings (SSSR count). The molecule has 2 aromatic carbocycles. The van der Waals surface area contributed by atoms with Gasteiger partial charge in [0.1, 0.15) is 17.0 Å². The summed E-state index contributed by atoms with van der Waals surface area (Å²) in [4.78, 5) is 23.8. The Hall–Kier alpha value is -3.99. The lowest BCUT2D eigenvalue weighted by Crippen LogP contribution is -2.33. The highest BCUT2D eigenvalue weighted by atomic mass is 32.1. The van der Waals surface area contributed by atoms with Crippen LogP contribution in [0.2, 0.25) is 0 Å². The number of nitrogens with one attached hydrogen (secondary N) is 3. The summed E-state index contributed by atoms with van der Waals surface area (Å²) in [5, 5.41) is 15.3. The van der Waals surface area contributed by atoms with Crippen LogP contribution >= 0.6 is 11.3 Å². The van der Waals surface area contributed by atoms with E-state index in [9.17, 15) is 18.0 Å². The van der Waals surface area contributed by atoms with Gasteiger partial charge in [0.15, 0.2) is 0 Å². The number of H-pyrrole nitrogens is 1. The summed E-state index contributed by atoms with van der Waals surface area (Å²) in [5.41, 5.74) is 2.93. The summed E-state index contributed by atoms with van der Waals surface area (Å²) in [6, 6.07) is 10.8. The van der Waals surface area contributed by atoms with Gasteiger partial charge >= 0.3 is 6.18 Å². The third kappa shape index (κ3) is 4.62. The van der Waals surface area contributed by atoms with E-state index >= 15 is 0 Å². The van der Waals surface area contributed by atoms with Crippen LogP contribution < -0.4 is 10.6 Å². The molecule has 0 saturated heterocycles. The minimum Gasteiger partial charge on any atom is -0.352 e. The van der Waals surface area contributed by atoms with Gasteiger partial charge in [-0.2, -0.15) is 18.3 Å². The number of nitrogens with zero attached hydrogens (tertiary/aromatic N) is 3. The molecule has 1 unspecified atom stereocenters. The van der Waals surface area contributed by atoms with Gasteiger partial charge in [-0.3, -0.25) is 9.89 Å². The van der Waals surface area contributed by atoms with E-state index in [1.54, 1.807) is 17.5 Å². The number of fused-ring (bicyclic) bond motifs is 4. The van der Waals surface area contributed by atoms with Crippen molar-refractivity contribution in [2.75, 3.05) is 5.32 Å². The lowest BCUT2D eigenvalue weighted by molar-refractivity contribution is -0.137. The number of rotatable bonds is 5. The Morgan fingerprint density at radius 3 is 2.78 bits per heavy atom. The van der Waals surface area contributed by atoms with Gasteiger partial charge in [-0.15, -0.1) is 11.3 Å². The number of hydrogen-bond donors (Lipinski definition) is 3. The number of alkyl halides is 3. The zero-order valence-corrected chi connectivity index (χ0v) is 20.2. The molecule has 3 N–H and O–H groups in total. The molecule has 11 heteroatoms. The van der Waals surface area contributed by atoms with E-state index in [1.807, 2.05) is 18.2 Å². The summed E-state index contributed by atoms with van der Waals surface area (Å²) >= 11 is 1.58. The Kier molecular flexibility index (Phi) is 5.79. The lowest BCUT2D eigenvalue weighted by atomic mass is 9.87. The van der Waals surface area contributed by atoms with Gasteiger partial charge in [-0.25, -0.2) is 9.97 Å². The monoisotopic (exact) mass is 522 g/mol. The highest BCUT2D eigenvalue weighted by Crippen LogP contribution is 2.40. The molecule has 188 valence electrons. The predicted octanol–water partition coefficient (Wildman–Crippen LogP) is 5.75. The first kappa shape index (κ1) is 23.4. The minimum absolute atomic E-state index is 0.0964. The number of carbonyl (C=O) groups excluding carboxylic acids is 1. The molecule has 1 aliphatic carbocycles. The van der Waals surface area contributed by atoms with Gasteiger partial charge in [0.25, 0.3) is 0 Å². The van der Waals surface area contributed by atoms with Crippen LogP contribution in [-0.2, 0) is 30.4 Å². The zero-order valence-electron chi connectivity index (χ0n) is 19.4. The Morgan fingerprint density at radius 2 is 1.97 bits per heavy atom. The average molecular weight is 523 g/mol. The molecule has 1 aliphatic rings. The van der Waals surface area contributed by atoms with E-state index in [1.165, 1.54) is 24.0 Å². The topological polar surface area (TPSA) is 95.6 Å². The van der Waals surface area contributed by atoms with Crippen molar-refractivity contribution in [2.24, 2.45) is 5.92 Å². The molecule has 1 atom stereocenters. The molecular formula is C26H21F3N6OS. The van der Waals surface area contributed by atoms with Gasteiger partial charge in [-0.1, -0.05) is 12.1 Å². The van der Waals surface area contributed by atoms with E-state index in [0.717, 1.165) is 56.1 Å². The average Bonchev–Trinajstić information content (AvgIpc) is 3.51. The number of hydrogen-bond acceptors (Lipinski definition) is 6. The van der Waals surface area contributed by atoms with Crippen molar-refractivity contribution in [3.63, 3.8) is 0 Å². The summed E-state index contributed by atoms with van der Waals surface area (Å²) in [7, 11) is 0. The van der Waals surface area contributed by atoms with Crippen LogP contribution in [0, 0.1) is 5.92 Å². The smallest absolute Gasteiger partial charge is 0.352 e. The second kappa shape index (κ2) is 9.15. The van der Waals surface area contributed by atoms with E-state index < -0.39 is 11.7 Å². The number of benzene rings is 2. The van der Waals surface area contributed by atoms with Gasteiger partial charge in [0.05, 0.1) is 22.7 Å². The quantitative estimate of drug-likeness (QED) is 0.273. The SMILES string of the molecule is O=C(NCc1ccc(C(F)(F)F)cc1)C1CCc2c(sc3ncnc(Nc4ccc5[nH]ncc5c4)c23)C1. The first-order valence-corrected chi connectivity index (χ1v) is 12.6. The molecule has 1 amide bonds. The summed E-state index contributed by atoms with van der Waals surface area (Å²) in [5.74, 6) is 0.430. The molecule has 0 fully saturated rings. The molecular weight excluding hydrogens is 501 g/mol. The molecule has 3 aromatic heterocycles. The van der Waals surface area contributed by atoms with Crippen molar-refractivity contribution in [1.82, 2.24) is 25.5 Å². The predicted molar refractivity (Wildman–Crippen MR) is 136 cm³/mol. The highest BCUT2D eigenvalue weighted by Gasteiger charge is 2.31. The van der Waals surface area contributed by atoms with Crippen LogP contribution in [0.25, 0.3) is 21.1 Å². The molecule has 0 spiro atoms. The maximum atomic E-state index is 12.9. The maximum Gasteiger partial charge on any atom is 0.416 e. The molecule has 0 bridgehead atoms. The molecule has 7 nitrogen and oxygen atoms in total. The van der Waals surface area contributed by atoms with E-state index in [2.05, 4.69) is 30.8 Å². The van der Waals surface area contributed by atoms with Crippen LogP contribution in [-0.4, -0.2) is 26.1 Å². The normalized spacial score (nSPS) is 15.6. The number of amides is 1. The summed E-state index contributed by atoms with van der Waals surface area (Å²) < 4.78 is 38.3. The number of anilines is 2. The number of aromatic nitrogens is 4. The highest BCUT2D eigenvalue weighted by molar-refractivity contribution is 7.19. The van der Waals surface area contributed by atoms with Crippen molar-refractivity contribution in [2.45, 2.75) is 32.0 Å². The Balaban J connectivity index is 1.16. The molecule has 37 heavy (non-hydrogen) atoms. The molecule has 0 aliphatic heterocycles. The Bertz CT molecular complexity index is 1610. The van der Waals surface area contributed by atoms with Crippen LogP contribution in [0.4, 0.5) is 24.7 Å². The second-order valence-electron chi connectivity index (χ2n) is 9.06. The van der Waals surface area contributed by atoms with Crippen molar-refractivity contribution >= 4 is 49.9 Å². The molecule has 0 radical (unpaired) electrons. The molecule has 3 heterocycles. The second-order valence-corrected chi connectivity index (χ2v) is 10.1. The third-order valence-corrected chi connectivity index (χ3v) is 7.83. The van der Waals surface area contributed by atoms with Crippen molar-refractivity contribution in [3.05, 3.63) is 76.6 Å². The number of aromatic amines is 1. The fourth-order valence-electron chi connectivity index (χ4n) is 4.73. The first-order chi connectivity index (χ1) is 17.8. The fraction of sp³-hybridized carbons (Fsp3) is 0.231. The number of aryl methyl sites for hydroxylation is 1. The lowest BCUT2D eigenvalue weighted by Gasteiger charge is -2.22. The maximum absolute atomic E-state index is 12.9. The number of thiophene rings is 1. The third-order valence-electron chi connectivity index (χ3n) is 6.67. The van der Waals surface area contributed by atoms with E-state index in [4.69, 9.17) is 0 Å². The summed E-state index contributed by atoms with van der Waals surface area (Å²) in [6.45, 7) is 0.188. The summed E-state index contributed by atoms with van der Waals surface area (Å²) in [6.07, 6.45) is 0.917. The van der Waals surface area contributed by atoms with Crippen LogP contribution in [0.15, 0.2) is 55.0 Å². The van der Waals surface area contributed by atoms with E-state index in [-0.39, 0.29) is 18.4 Å². The van der Waals surface area contributed by atoms with Gasteiger partial charge in [0.2, 0.25) is 5.91 Å². The molecule has 0 saturated carbocycles. The van der Waals surface area contributed by atoms with Gasteiger partial charge in [-0.05, 0) is 60.7 Å². The van der Waals surface area contributed by atoms with Crippen LogP contribution in [0.1, 0.15) is 28.0 Å². The molecule has 5 aromatic rings. The van der Waals surface area contributed by atoms with E-state index in [0.29, 0.717) is 18.4 Å². The van der Waals surface area contributed by atoms with Crippen molar-refractivity contribution in [1.29, 1.82) is 0 Å². The van der Waals surface area contributed by atoms with Crippen LogP contribution in [0.5, 0.6) is 0 Å². The number of carbonyl (C=O) groups is 1. The van der Waals surface area contributed by atoms with Crippen LogP contribution in [0.3, 0.4) is 0 Å². The largest absolute Gasteiger partial charge is 0.416 e. The Labute approximate surface area is 213 Å². The zero-order chi connectivity index (χ0) is 25.6. The van der Waals surface area contributed by atoms with Gasteiger partial charge in [0, 0.05) is 28.4 Å². The standard InChI is InChI=1S/C26H21F3N6OS/c27-26(28,29)17-4-1-14(2-5-17)11-30-24(36)15-3-7-19-21(10-15)37-25-22(19)23(31-13-32-25)34-18-6-8-20-16(9-18)12-33-35-20/h1-2,4-6,8-9,12-13,15H,3,7,10-11H2,(H,30,36)(H,33,35)(H,31,32,34). The minimum atomic E-state index is -4.38. The first-order valence-electron chi connectivity index (χ1n) is 11.7. The van der Waals surface area contributed by atoms with Crippen molar-refractivity contribution in [3.8, 4) is 0 Å². The Morgan fingerprint density at radius 1 is 1.14 bits per heavy atom. The fourth-order valence-corrected chi connectivity index (χ4v) is 6.00. The van der Waals surface area contributed by atoms with Crippen molar-refractivity contribution < 1.29 is 18.0 Å². The number of halogens is 3.